The van der Waals surface area contributed by atoms with Crippen molar-refractivity contribution in [1.29, 1.82) is 0 Å². The molecule has 0 atom stereocenters. The van der Waals surface area contributed by atoms with E-state index in [1.165, 1.54) is 0 Å². The number of carbonyl (C=O) groups is 1. The zero-order valence-electron chi connectivity index (χ0n) is 10.00. The molecule has 0 amide bonds. The SMILES string of the molecule is CCOC(=O)C1(F)CCN(CCOC)CC1. The van der Waals surface area contributed by atoms with Gasteiger partial charge in [0.1, 0.15) is 0 Å². The molecule has 1 rings (SSSR count). The molecule has 94 valence electrons. The van der Waals surface area contributed by atoms with Gasteiger partial charge in [0.25, 0.3) is 0 Å². The average Bonchev–Trinajstić information content (AvgIpc) is 2.29. The van der Waals surface area contributed by atoms with Crippen LogP contribution in [0.3, 0.4) is 0 Å². The van der Waals surface area contributed by atoms with Crippen molar-refractivity contribution in [2.45, 2.75) is 25.4 Å². The number of rotatable bonds is 5. The summed E-state index contributed by atoms with van der Waals surface area (Å²) in [6.45, 7) is 4.51. The summed E-state index contributed by atoms with van der Waals surface area (Å²) in [7, 11) is 1.64. The van der Waals surface area contributed by atoms with Crippen molar-refractivity contribution in [3.63, 3.8) is 0 Å². The van der Waals surface area contributed by atoms with E-state index in [9.17, 15) is 9.18 Å². The Morgan fingerprint density at radius 1 is 1.44 bits per heavy atom. The first-order valence-electron chi connectivity index (χ1n) is 5.70. The number of nitrogens with zero attached hydrogens (tertiary/aromatic N) is 1. The van der Waals surface area contributed by atoms with Crippen molar-refractivity contribution >= 4 is 5.97 Å². The van der Waals surface area contributed by atoms with Crippen LogP contribution >= 0.6 is 0 Å². The third kappa shape index (κ3) is 3.42. The molecular weight excluding hydrogens is 213 g/mol. The average molecular weight is 233 g/mol. The summed E-state index contributed by atoms with van der Waals surface area (Å²) in [6.07, 6.45) is 0.436. The number of alkyl halides is 1. The van der Waals surface area contributed by atoms with E-state index in [4.69, 9.17) is 9.47 Å². The van der Waals surface area contributed by atoms with Gasteiger partial charge in [0.05, 0.1) is 13.2 Å². The van der Waals surface area contributed by atoms with Crippen LogP contribution in [0.15, 0.2) is 0 Å². The minimum absolute atomic E-state index is 0.218. The molecule has 0 aromatic heterocycles. The zero-order chi connectivity index (χ0) is 12.0. The highest BCUT2D eigenvalue weighted by Crippen LogP contribution is 2.27. The summed E-state index contributed by atoms with van der Waals surface area (Å²) in [4.78, 5) is 13.5. The Balaban J connectivity index is 2.37. The van der Waals surface area contributed by atoms with Gasteiger partial charge < -0.3 is 14.4 Å². The molecule has 0 spiro atoms. The molecule has 16 heavy (non-hydrogen) atoms. The van der Waals surface area contributed by atoms with Crippen molar-refractivity contribution in [1.82, 2.24) is 4.90 Å². The van der Waals surface area contributed by atoms with Crippen LogP contribution < -0.4 is 0 Å². The first-order chi connectivity index (χ1) is 7.62. The number of methoxy groups -OCH3 is 1. The predicted molar refractivity (Wildman–Crippen MR) is 58.0 cm³/mol. The van der Waals surface area contributed by atoms with Gasteiger partial charge in [-0.3, -0.25) is 0 Å². The number of esters is 1. The largest absolute Gasteiger partial charge is 0.464 e. The second-order valence-corrected chi connectivity index (χ2v) is 4.02. The summed E-state index contributed by atoms with van der Waals surface area (Å²) >= 11 is 0. The molecule has 0 aromatic carbocycles. The second-order valence-electron chi connectivity index (χ2n) is 4.02. The van der Waals surface area contributed by atoms with E-state index >= 15 is 0 Å². The lowest BCUT2D eigenvalue weighted by molar-refractivity contribution is -0.160. The summed E-state index contributed by atoms with van der Waals surface area (Å²) in [5.41, 5.74) is -1.78. The van der Waals surface area contributed by atoms with Crippen molar-refractivity contribution < 1.29 is 18.7 Å². The Bertz CT molecular complexity index is 227. The highest BCUT2D eigenvalue weighted by Gasteiger charge is 2.42. The van der Waals surface area contributed by atoms with Gasteiger partial charge in [-0.15, -0.1) is 0 Å². The molecule has 1 heterocycles. The molecule has 0 aliphatic carbocycles. The number of ether oxygens (including phenoxy) is 2. The number of hydrogen-bond acceptors (Lipinski definition) is 4. The van der Waals surface area contributed by atoms with Crippen LogP contribution in [0.5, 0.6) is 0 Å². The van der Waals surface area contributed by atoms with E-state index in [2.05, 4.69) is 4.90 Å². The monoisotopic (exact) mass is 233 g/mol. The first-order valence-corrected chi connectivity index (χ1v) is 5.70. The Labute approximate surface area is 95.7 Å². The van der Waals surface area contributed by atoms with Gasteiger partial charge in [0.15, 0.2) is 0 Å². The van der Waals surface area contributed by atoms with Crippen LogP contribution in [0.25, 0.3) is 0 Å². The van der Waals surface area contributed by atoms with Gasteiger partial charge in [-0.1, -0.05) is 0 Å². The Hall–Kier alpha value is -0.680. The van der Waals surface area contributed by atoms with E-state index in [1.54, 1.807) is 14.0 Å². The number of carbonyl (C=O) groups excluding carboxylic acids is 1. The van der Waals surface area contributed by atoms with Gasteiger partial charge in [0, 0.05) is 39.6 Å². The smallest absolute Gasteiger partial charge is 0.343 e. The first kappa shape index (κ1) is 13.4. The molecule has 0 bridgehead atoms. The van der Waals surface area contributed by atoms with Crippen LogP contribution in [0, 0.1) is 0 Å². The molecule has 0 aromatic rings. The molecule has 0 N–H and O–H groups in total. The quantitative estimate of drug-likeness (QED) is 0.664. The fourth-order valence-corrected chi connectivity index (χ4v) is 1.82. The fourth-order valence-electron chi connectivity index (χ4n) is 1.82. The van der Waals surface area contributed by atoms with E-state index in [-0.39, 0.29) is 19.4 Å². The highest BCUT2D eigenvalue weighted by atomic mass is 19.1. The molecule has 0 saturated carbocycles. The van der Waals surface area contributed by atoms with Crippen LogP contribution in [-0.4, -0.2) is 56.5 Å². The van der Waals surface area contributed by atoms with Gasteiger partial charge in [-0.25, -0.2) is 9.18 Å². The molecule has 1 aliphatic heterocycles. The minimum atomic E-state index is -1.78. The number of likely N-dealkylation sites (tertiary alicyclic amines) is 1. The lowest BCUT2D eigenvalue weighted by Crippen LogP contribution is -2.47. The molecule has 4 nitrogen and oxygen atoms in total. The fraction of sp³-hybridized carbons (Fsp3) is 0.909. The van der Waals surface area contributed by atoms with Crippen LogP contribution in [0.1, 0.15) is 19.8 Å². The number of hydrogen-bond donors (Lipinski definition) is 0. The third-order valence-corrected chi connectivity index (χ3v) is 2.90. The predicted octanol–water partition coefficient (Wildman–Crippen LogP) is 1.00. The topological polar surface area (TPSA) is 38.8 Å². The molecule has 5 heteroatoms. The van der Waals surface area contributed by atoms with Crippen LogP contribution in [0.4, 0.5) is 4.39 Å². The summed E-state index contributed by atoms with van der Waals surface area (Å²) < 4.78 is 23.8. The van der Waals surface area contributed by atoms with Gasteiger partial charge in [0.2, 0.25) is 5.67 Å². The molecule has 0 unspecified atom stereocenters. The van der Waals surface area contributed by atoms with Gasteiger partial charge in [-0.05, 0) is 6.92 Å². The second kappa shape index (κ2) is 6.15. The standard InChI is InChI=1S/C11H20FNO3/c1-3-16-10(14)11(12)4-6-13(7-5-11)8-9-15-2/h3-9H2,1-2H3. The van der Waals surface area contributed by atoms with Gasteiger partial charge in [-0.2, -0.15) is 0 Å². The summed E-state index contributed by atoms with van der Waals surface area (Å²) in [6, 6.07) is 0. The highest BCUT2D eigenvalue weighted by molar-refractivity contribution is 5.79. The summed E-state index contributed by atoms with van der Waals surface area (Å²) in [5, 5.41) is 0. The maximum atomic E-state index is 14.1. The molecule has 1 fully saturated rings. The Morgan fingerprint density at radius 2 is 2.06 bits per heavy atom. The maximum Gasteiger partial charge on any atom is 0.343 e. The molecular formula is C11H20FNO3. The van der Waals surface area contributed by atoms with Crippen molar-refractivity contribution in [2.75, 3.05) is 40.0 Å². The van der Waals surface area contributed by atoms with E-state index in [1.807, 2.05) is 0 Å². The maximum absolute atomic E-state index is 14.1. The van der Waals surface area contributed by atoms with E-state index in [0.29, 0.717) is 19.7 Å². The van der Waals surface area contributed by atoms with E-state index in [0.717, 1.165) is 6.54 Å². The lowest BCUT2D eigenvalue weighted by Gasteiger charge is -2.34. The van der Waals surface area contributed by atoms with Crippen molar-refractivity contribution in [3.05, 3.63) is 0 Å². The van der Waals surface area contributed by atoms with E-state index < -0.39 is 11.6 Å². The number of piperidine rings is 1. The molecule has 0 radical (unpaired) electrons. The lowest BCUT2D eigenvalue weighted by atomic mass is 9.93. The van der Waals surface area contributed by atoms with Crippen LogP contribution in [0.2, 0.25) is 0 Å². The van der Waals surface area contributed by atoms with Crippen molar-refractivity contribution in [3.8, 4) is 0 Å². The molecule has 1 aliphatic rings. The number of halogens is 1. The third-order valence-electron chi connectivity index (χ3n) is 2.90. The summed E-state index contributed by atoms with van der Waals surface area (Å²) in [5.74, 6) is -0.707. The molecule has 1 saturated heterocycles. The van der Waals surface area contributed by atoms with Crippen molar-refractivity contribution in [2.24, 2.45) is 0 Å². The van der Waals surface area contributed by atoms with Crippen LogP contribution in [-0.2, 0) is 14.3 Å². The zero-order valence-corrected chi connectivity index (χ0v) is 10.00. The van der Waals surface area contributed by atoms with Gasteiger partial charge >= 0.3 is 5.97 Å². The Kier molecular flexibility index (Phi) is 5.15. The Morgan fingerprint density at radius 3 is 2.56 bits per heavy atom. The normalized spacial score (nSPS) is 20.7. The minimum Gasteiger partial charge on any atom is -0.464 e.